The number of fused-ring (bicyclic) bond motifs is 2. The van der Waals surface area contributed by atoms with Gasteiger partial charge in [-0.05, 0) is 71.6 Å². The average molecular weight is 611 g/mol. The Labute approximate surface area is 253 Å². The highest BCUT2D eigenvalue weighted by molar-refractivity contribution is 7.99. The van der Waals surface area contributed by atoms with Crippen molar-refractivity contribution in [3.63, 3.8) is 0 Å². The Morgan fingerprint density at radius 2 is 1.90 bits per heavy atom. The van der Waals surface area contributed by atoms with Crippen LogP contribution in [0.25, 0.3) is 5.65 Å². The fraction of sp³-hybridized carbons (Fsp3) is 0.448. The van der Waals surface area contributed by atoms with E-state index in [2.05, 4.69) is 25.1 Å². The predicted octanol–water partition coefficient (Wildman–Crippen LogP) is 5.46. The van der Waals surface area contributed by atoms with Crippen LogP contribution in [-0.2, 0) is 17.8 Å². The number of aromatic nitrogens is 5. The van der Waals surface area contributed by atoms with Gasteiger partial charge in [-0.3, -0.25) is 9.38 Å². The number of rotatable bonds is 5. The van der Waals surface area contributed by atoms with E-state index in [9.17, 15) is 4.55 Å². The molecule has 4 aromatic heterocycles. The summed E-state index contributed by atoms with van der Waals surface area (Å²) in [5, 5.41) is 0.436. The zero-order valence-electron chi connectivity index (χ0n) is 23.9. The van der Waals surface area contributed by atoms with E-state index in [1.165, 1.54) is 17.3 Å². The smallest absolute Gasteiger partial charge is 0.211 e. The quantitative estimate of drug-likeness (QED) is 0.284. The van der Waals surface area contributed by atoms with Crippen LogP contribution in [0.1, 0.15) is 62.3 Å². The number of hydrogen-bond donors (Lipinski definition) is 2. The molecule has 2 aliphatic rings. The van der Waals surface area contributed by atoms with Crippen molar-refractivity contribution in [3.8, 4) is 0 Å². The number of hydrogen-bond acceptors (Lipinski definition) is 9. The van der Waals surface area contributed by atoms with E-state index >= 15 is 0 Å². The summed E-state index contributed by atoms with van der Waals surface area (Å²) in [4.78, 5) is 22.9. The summed E-state index contributed by atoms with van der Waals surface area (Å²) in [5.41, 5.74) is 10.8. The first kappa shape index (κ1) is 28.5. The molecule has 0 bridgehead atoms. The molecule has 1 aliphatic heterocycles. The monoisotopic (exact) mass is 610 g/mol. The van der Waals surface area contributed by atoms with Crippen LogP contribution < -0.4 is 15.4 Å². The minimum Gasteiger partial charge on any atom is -0.598 e. The van der Waals surface area contributed by atoms with Gasteiger partial charge in [0.1, 0.15) is 10.6 Å². The minimum absolute atomic E-state index is 0.00469. The summed E-state index contributed by atoms with van der Waals surface area (Å²) >= 11 is 6.79. The number of nitrogens with one attached hydrogen (secondary N) is 1. The second kappa shape index (κ2) is 10.6. The topological polar surface area (TPSA) is 120 Å². The maximum atomic E-state index is 13.3. The number of aryl methyl sites for hydroxylation is 2. The number of piperidine rings is 1. The maximum absolute atomic E-state index is 13.3. The molecule has 5 heterocycles. The highest BCUT2D eigenvalue weighted by Crippen LogP contribution is 2.52. The van der Waals surface area contributed by atoms with Crippen LogP contribution in [0.5, 0.6) is 0 Å². The average Bonchev–Trinajstić information content (AvgIpc) is 3.45. The summed E-state index contributed by atoms with van der Waals surface area (Å²) in [6, 6.07) is 5.98. The molecule has 0 saturated carbocycles. The normalized spacial score (nSPS) is 19.2. The molecule has 216 valence electrons. The van der Waals surface area contributed by atoms with E-state index < -0.39 is 11.4 Å². The second-order valence-electron chi connectivity index (χ2n) is 12.0. The van der Waals surface area contributed by atoms with Gasteiger partial charge < -0.3 is 15.2 Å². The Morgan fingerprint density at radius 1 is 1.15 bits per heavy atom. The SMILES string of the molecule is Cc1cn2c(N3CCC4(CC3)Cc3ncccc3[C@H]4N[S+]([O-])C(C)(C)C)nc(C)c(Sc3ccnc(N)c3Cl)c2n1. The fourth-order valence-electron chi connectivity index (χ4n) is 5.92. The van der Waals surface area contributed by atoms with Crippen LogP contribution in [0.15, 0.2) is 46.6 Å². The van der Waals surface area contributed by atoms with Crippen LogP contribution in [-0.4, -0.2) is 46.7 Å². The molecule has 1 fully saturated rings. The van der Waals surface area contributed by atoms with E-state index in [0.29, 0.717) is 10.8 Å². The predicted molar refractivity (Wildman–Crippen MR) is 166 cm³/mol. The first-order valence-corrected chi connectivity index (χ1v) is 16.1. The molecule has 1 saturated heterocycles. The Bertz CT molecular complexity index is 1610. The first-order chi connectivity index (χ1) is 19.5. The largest absolute Gasteiger partial charge is 0.598 e. The molecule has 6 rings (SSSR count). The number of pyridine rings is 2. The lowest BCUT2D eigenvalue weighted by Crippen LogP contribution is -2.50. The molecule has 12 heteroatoms. The molecule has 0 radical (unpaired) electrons. The van der Waals surface area contributed by atoms with Crippen molar-refractivity contribution in [2.75, 3.05) is 23.7 Å². The van der Waals surface area contributed by atoms with Gasteiger partial charge in [0, 0.05) is 59.0 Å². The third-order valence-electron chi connectivity index (χ3n) is 8.13. The highest BCUT2D eigenvalue weighted by Gasteiger charge is 2.51. The third-order valence-corrected chi connectivity index (χ3v) is 11.4. The third kappa shape index (κ3) is 5.16. The van der Waals surface area contributed by atoms with Crippen LogP contribution in [0.3, 0.4) is 0 Å². The molecular weight excluding hydrogens is 576 g/mol. The fourth-order valence-corrected chi connectivity index (χ4v) is 8.06. The molecule has 3 N–H and O–H groups in total. The highest BCUT2D eigenvalue weighted by atomic mass is 35.5. The molecule has 41 heavy (non-hydrogen) atoms. The van der Waals surface area contributed by atoms with Crippen LogP contribution in [0.4, 0.5) is 11.8 Å². The van der Waals surface area contributed by atoms with E-state index in [-0.39, 0.29) is 16.2 Å². The number of nitrogens with two attached hydrogens (primary N) is 1. The van der Waals surface area contributed by atoms with Gasteiger partial charge in [0.2, 0.25) is 5.95 Å². The van der Waals surface area contributed by atoms with Crippen LogP contribution in [0, 0.1) is 19.3 Å². The van der Waals surface area contributed by atoms with Gasteiger partial charge in [-0.2, -0.15) is 0 Å². The zero-order chi connectivity index (χ0) is 29.1. The van der Waals surface area contributed by atoms with Crippen molar-refractivity contribution in [3.05, 3.63) is 64.5 Å². The molecule has 0 aromatic carbocycles. The number of nitrogens with zero attached hydrogens (tertiary/aromatic N) is 6. The Kier molecular flexibility index (Phi) is 7.39. The summed E-state index contributed by atoms with van der Waals surface area (Å²) in [5.74, 6) is 1.19. The lowest BCUT2D eigenvalue weighted by atomic mass is 9.73. The number of imidazole rings is 1. The van der Waals surface area contributed by atoms with Crippen molar-refractivity contribution in [1.82, 2.24) is 29.1 Å². The molecule has 1 aliphatic carbocycles. The second-order valence-corrected chi connectivity index (χ2v) is 15.4. The molecule has 2 atom stereocenters. The Morgan fingerprint density at radius 3 is 2.63 bits per heavy atom. The van der Waals surface area contributed by atoms with Crippen LogP contribution >= 0.6 is 23.4 Å². The van der Waals surface area contributed by atoms with E-state index in [4.69, 9.17) is 32.3 Å². The molecule has 1 unspecified atom stereocenters. The minimum atomic E-state index is -1.19. The van der Waals surface area contributed by atoms with Crippen molar-refractivity contribution in [2.24, 2.45) is 5.41 Å². The van der Waals surface area contributed by atoms with E-state index in [1.54, 1.807) is 6.20 Å². The van der Waals surface area contributed by atoms with Gasteiger partial charge in [-0.25, -0.2) is 15.0 Å². The lowest BCUT2D eigenvalue weighted by molar-refractivity contribution is 0.175. The molecule has 9 nitrogen and oxygen atoms in total. The lowest BCUT2D eigenvalue weighted by Gasteiger charge is -2.44. The van der Waals surface area contributed by atoms with Gasteiger partial charge in [-0.15, -0.1) is 4.72 Å². The molecular formula is C29H35ClN8OS2. The number of halogens is 1. The van der Waals surface area contributed by atoms with Crippen molar-refractivity contribution in [2.45, 2.75) is 74.5 Å². The van der Waals surface area contributed by atoms with Gasteiger partial charge >= 0.3 is 0 Å². The molecule has 1 spiro atoms. The maximum Gasteiger partial charge on any atom is 0.211 e. The zero-order valence-corrected chi connectivity index (χ0v) is 26.3. The Balaban J connectivity index is 1.30. The molecule has 0 amide bonds. The Hall–Kier alpha value is -2.57. The summed E-state index contributed by atoms with van der Waals surface area (Å²) in [7, 11) is 0. The number of anilines is 2. The van der Waals surface area contributed by atoms with Crippen LogP contribution in [0.2, 0.25) is 5.02 Å². The van der Waals surface area contributed by atoms with Gasteiger partial charge in [0.15, 0.2) is 5.65 Å². The first-order valence-electron chi connectivity index (χ1n) is 13.8. The summed E-state index contributed by atoms with van der Waals surface area (Å²) in [6.07, 6.45) is 8.31. The van der Waals surface area contributed by atoms with Gasteiger partial charge in [-0.1, -0.05) is 29.4 Å². The summed E-state index contributed by atoms with van der Waals surface area (Å²) < 4.78 is 18.5. The van der Waals surface area contributed by atoms with Crippen molar-refractivity contribution < 1.29 is 4.55 Å². The van der Waals surface area contributed by atoms with Gasteiger partial charge in [0.05, 0.1) is 27.3 Å². The van der Waals surface area contributed by atoms with Gasteiger partial charge in [0.25, 0.3) is 0 Å². The molecule has 4 aromatic rings. The van der Waals surface area contributed by atoms with E-state index in [0.717, 1.165) is 70.8 Å². The standard InChI is InChI=1S/C29H35ClN8OS2/c1-17-16-38-26(34-17)23(40-21-8-12-33-25(31)22(21)30)18(2)35-27(38)37-13-9-29(10-14-37)15-20-19(7-6-11-32-20)24(29)36-41(39)28(3,4)5/h6-8,11-12,16,24,36H,9-10,13-15H2,1-5H3,(H2,31,33)/t24-,41?/m1/s1. The van der Waals surface area contributed by atoms with Crippen molar-refractivity contribution >= 4 is 52.1 Å². The van der Waals surface area contributed by atoms with E-state index in [1.807, 2.05) is 59.1 Å². The summed E-state index contributed by atoms with van der Waals surface area (Å²) in [6.45, 7) is 11.7. The van der Waals surface area contributed by atoms with Crippen molar-refractivity contribution in [1.29, 1.82) is 0 Å². The number of nitrogen functional groups attached to an aromatic ring is 1.